The number of ether oxygens (including phenoxy) is 1. The van der Waals surface area contributed by atoms with E-state index in [4.69, 9.17) is 9.72 Å². The smallest absolute Gasteiger partial charge is 0.182 e. The summed E-state index contributed by atoms with van der Waals surface area (Å²) in [5, 5.41) is 6.87. The van der Waals surface area contributed by atoms with Crippen molar-refractivity contribution in [3.63, 3.8) is 0 Å². The fourth-order valence-corrected chi connectivity index (χ4v) is 2.71. The lowest BCUT2D eigenvalue weighted by molar-refractivity contribution is 0.242. The van der Waals surface area contributed by atoms with Gasteiger partial charge < -0.3 is 4.74 Å². The molecule has 0 saturated heterocycles. The number of rotatable bonds is 3. The lowest BCUT2D eigenvalue weighted by Gasteiger charge is -2.09. The van der Waals surface area contributed by atoms with Gasteiger partial charge in [0.1, 0.15) is 5.75 Å². The number of nitrogens with zero attached hydrogens (tertiary/aromatic N) is 3. The highest BCUT2D eigenvalue weighted by atomic mass is 16.5. The minimum Gasteiger partial charge on any atom is -0.491 e. The Bertz CT molecular complexity index is 988. The van der Waals surface area contributed by atoms with Gasteiger partial charge in [-0.2, -0.15) is 0 Å². The van der Waals surface area contributed by atoms with Gasteiger partial charge in [0.15, 0.2) is 11.5 Å². The topological polar surface area (TPSA) is 39.4 Å². The van der Waals surface area contributed by atoms with Crippen LogP contribution in [0.4, 0.5) is 0 Å². The molecule has 0 aliphatic rings. The van der Waals surface area contributed by atoms with E-state index in [1.165, 1.54) is 0 Å². The number of pyridine rings is 1. The summed E-state index contributed by atoms with van der Waals surface area (Å²) in [5.74, 6) is 1.54. The summed E-state index contributed by atoms with van der Waals surface area (Å²) in [5.41, 5.74) is 1.82. The van der Waals surface area contributed by atoms with Crippen LogP contribution >= 0.6 is 0 Å². The lowest BCUT2D eigenvalue weighted by atomic mass is 10.2. The number of aromatic nitrogens is 3. The molecule has 4 heteroatoms. The Hall–Kier alpha value is -2.88. The van der Waals surface area contributed by atoms with Crippen molar-refractivity contribution in [2.24, 2.45) is 0 Å². The van der Waals surface area contributed by atoms with Gasteiger partial charge in [-0.15, -0.1) is 5.10 Å². The van der Waals surface area contributed by atoms with Crippen molar-refractivity contribution >= 4 is 16.4 Å². The van der Waals surface area contributed by atoms with Crippen LogP contribution in [0.3, 0.4) is 0 Å². The van der Waals surface area contributed by atoms with Crippen LogP contribution in [0.5, 0.6) is 5.75 Å². The molecular weight excluding hydrogens is 286 g/mol. The molecule has 2 heterocycles. The molecular formula is C19H17N3O. The first-order valence-corrected chi connectivity index (χ1v) is 7.72. The average Bonchev–Trinajstić information content (AvgIpc) is 2.99. The Labute approximate surface area is 134 Å². The van der Waals surface area contributed by atoms with E-state index in [0.717, 1.165) is 27.7 Å². The third-order valence-electron chi connectivity index (χ3n) is 3.69. The summed E-state index contributed by atoms with van der Waals surface area (Å²) in [6, 6.07) is 18.2. The molecule has 0 saturated carbocycles. The Kier molecular flexibility index (Phi) is 3.23. The molecule has 0 aliphatic carbocycles. The normalized spacial score (nSPS) is 11.4. The molecule has 2 aromatic heterocycles. The minimum absolute atomic E-state index is 0.142. The van der Waals surface area contributed by atoms with Gasteiger partial charge in [-0.25, -0.2) is 9.50 Å². The lowest BCUT2D eigenvalue weighted by Crippen LogP contribution is -2.05. The quantitative estimate of drug-likeness (QED) is 0.565. The average molecular weight is 303 g/mol. The SMILES string of the molecule is CC(C)Oc1cccc(-c2nc3c4ccccc4ccn3n2)c1. The molecule has 23 heavy (non-hydrogen) atoms. The molecule has 0 spiro atoms. The van der Waals surface area contributed by atoms with Crippen LogP contribution in [0.1, 0.15) is 13.8 Å². The van der Waals surface area contributed by atoms with Crippen molar-refractivity contribution in [3.8, 4) is 17.1 Å². The standard InChI is InChI=1S/C19H17N3O/c1-13(2)23-16-8-5-7-15(12-16)18-20-19-17-9-4-3-6-14(17)10-11-22(19)21-18/h3-13H,1-2H3. The van der Waals surface area contributed by atoms with Gasteiger partial charge in [-0.05, 0) is 37.4 Å². The summed E-state index contributed by atoms with van der Waals surface area (Å²) < 4.78 is 7.59. The first-order chi connectivity index (χ1) is 11.2. The molecule has 2 aromatic carbocycles. The van der Waals surface area contributed by atoms with Crippen LogP contribution in [0.25, 0.3) is 27.8 Å². The van der Waals surface area contributed by atoms with E-state index in [9.17, 15) is 0 Å². The van der Waals surface area contributed by atoms with Crippen LogP contribution in [0.2, 0.25) is 0 Å². The molecule has 0 aliphatic heterocycles. The van der Waals surface area contributed by atoms with Crippen molar-refractivity contribution < 1.29 is 4.74 Å². The van der Waals surface area contributed by atoms with E-state index in [2.05, 4.69) is 23.3 Å². The van der Waals surface area contributed by atoms with Crippen molar-refractivity contribution in [3.05, 3.63) is 60.8 Å². The highest BCUT2D eigenvalue weighted by Crippen LogP contribution is 2.25. The van der Waals surface area contributed by atoms with E-state index in [1.807, 2.05) is 61.0 Å². The molecule has 0 N–H and O–H groups in total. The van der Waals surface area contributed by atoms with Gasteiger partial charge >= 0.3 is 0 Å². The van der Waals surface area contributed by atoms with E-state index >= 15 is 0 Å². The Morgan fingerprint density at radius 1 is 1.00 bits per heavy atom. The van der Waals surface area contributed by atoms with Crippen molar-refractivity contribution in [1.82, 2.24) is 14.6 Å². The van der Waals surface area contributed by atoms with Crippen molar-refractivity contribution in [2.45, 2.75) is 20.0 Å². The summed E-state index contributed by atoms with van der Waals surface area (Å²) >= 11 is 0. The summed E-state index contributed by atoms with van der Waals surface area (Å²) in [6.07, 6.45) is 2.09. The zero-order valence-corrected chi connectivity index (χ0v) is 13.1. The van der Waals surface area contributed by atoms with Crippen LogP contribution in [0.15, 0.2) is 60.8 Å². The zero-order chi connectivity index (χ0) is 15.8. The van der Waals surface area contributed by atoms with E-state index < -0.39 is 0 Å². The number of hydrogen-bond donors (Lipinski definition) is 0. The van der Waals surface area contributed by atoms with Crippen LogP contribution in [-0.2, 0) is 0 Å². The van der Waals surface area contributed by atoms with Gasteiger partial charge in [0, 0.05) is 17.1 Å². The number of fused-ring (bicyclic) bond motifs is 3. The maximum atomic E-state index is 5.76. The zero-order valence-electron chi connectivity index (χ0n) is 13.1. The van der Waals surface area contributed by atoms with Gasteiger partial charge in [0.25, 0.3) is 0 Å². The van der Waals surface area contributed by atoms with Gasteiger partial charge in [-0.1, -0.05) is 36.4 Å². The molecule has 0 radical (unpaired) electrons. The van der Waals surface area contributed by atoms with Crippen LogP contribution in [0, 0.1) is 0 Å². The molecule has 0 amide bonds. The molecule has 0 bridgehead atoms. The maximum Gasteiger partial charge on any atom is 0.182 e. The fourth-order valence-electron chi connectivity index (χ4n) is 2.71. The highest BCUT2D eigenvalue weighted by Gasteiger charge is 2.10. The minimum atomic E-state index is 0.142. The molecule has 4 nitrogen and oxygen atoms in total. The molecule has 0 unspecified atom stereocenters. The Morgan fingerprint density at radius 3 is 2.74 bits per heavy atom. The Morgan fingerprint density at radius 2 is 1.87 bits per heavy atom. The van der Waals surface area contributed by atoms with Gasteiger partial charge in [0.05, 0.1) is 6.10 Å². The molecule has 0 fully saturated rings. The monoisotopic (exact) mass is 303 g/mol. The van der Waals surface area contributed by atoms with Crippen molar-refractivity contribution in [2.75, 3.05) is 0 Å². The summed E-state index contributed by atoms with van der Waals surface area (Å²) in [4.78, 5) is 4.73. The first kappa shape index (κ1) is 13.8. The third kappa shape index (κ3) is 2.52. The second-order valence-corrected chi connectivity index (χ2v) is 5.80. The van der Waals surface area contributed by atoms with Gasteiger partial charge in [0.2, 0.25) is 0 Å². The van der Waals surface area contributed by atoms with E-state index in [-0.39, 0.29) is 6.10 Å². The van der Waals surface area contributed by atoms with Crippen LogP contribution < -0.4 is 4.74 Å². The highest BCUT2D eigenvalue weighted by molar-refractivity contribution is 5.94. The first-order valence-electron chi connectivity index (χ1n) is 7.72. The molecule has 114 valence electrons. The molecule has 0 atom stereocenters. The van der Waals surface area contributed by atoms with E-state index in [1.54, 1.807) is 0 Å². The molecule has 4 rings (SSSR count). The maximum absolute atomic E-state index is 5.76. The predicted molar refractivity (Wildman–Crippen MR) is 91.7 cm³/mol. The molecule has 4 aromatic rings. The second kappa shape index (κ2) is 5.39. The summed E-state index contributed by atoms with van der Waals surface area (Å²) in [6.45, 7) is 4.03. The Balaban J connectivity index is 1.85. The van der Waals surface area contributed by atoms with Gasteiger partial charge in [-0.3, -0.25) is 0 Å². The third-order valence-corrected chi connectivity index (χ3v) is 3.69. The largest absolute Gasteiger partial charge is 0.491 e. The second-order valence-electron chi connectivity index (χ2n) is 5.80. The number of hydrogen-bond acceptors (Lipinski definition) is 3. The summed E-state index contributed by atoms with van der Waals surface area (Å²) in [7, 11) is 0. The van der Waals surface area contributed by atoms with Crippen molar-refractivity contribution in [1.29, 1.82) is 0 Å². The fraction of sp³-hybridized carbons (Fsp3) is 0.158. The number of benzene rings is 2. The van der Waals surface area contributed by atoms with E-state index in [0.29, 0.717) is 5.82 Å². The predicted octanol–water partition coefficient (Wildman–Crippen LogP) is 4.34. The van der Waals surface area contributed by atoms with Crippen LogP contribution in [-0.4, -0.2) is 20.7 Å².